The largest absolute Gasteiger partial charge is 0.481 e. The third-order valence-electron chi connectivity index (χ3n) is 2.90. The number of nitro benzene ring substituents is 1. The van der Waals surface area contributed by atoms with Crippen LogP contribution in [-0.4, -0.2) is 30.5 Å². The fourth-order valence-corrected chi connectivity index (χ4v) is 3.02. The van der Waals surface area contributed by atoms with Crippen LogP contribution in [0.3, 0.4) is 0 Å². The van der Waals surface area contributed by atoms with E-state index in [0.717, 1.165) is 18.2 Å². The number of nitrogens with zero attached hydrogens (tertiary/aromatic N) is 1. The van der Waals surface area contributed by atoms with Crippen LogP contribution in [0.25, 0.3) is 0 Å². The minimum absolute atomic E-state index is 0.764. The number of sulfonamides is 1. The maximum Gasteiger partial charge on any atom is 0.324 e. The first kappa shape index (κ1) is 17.0. The summed E-state index contributed by atoms with van der Waals surface area (Å²) in [6.45, 7) is 2.57. The van der Waals surface area contributed by atoms with Crippen molar-refractivity contribution < 1.29 is 27.6 Å². The normalized spacial score (nSPS) is 14.4. The zero-order valence-corrected chi connectivity index (χ0v) is 11.9. The Bertz CT molecular complexity index is 675. The van der Waals surface area contributed by atoms with Crippen LogP contribution < -0.4 is 4.72 Å². The highest BCUT2D eigenvalue weighted by molar-refractivity contribution is 7.89. The van der Waals surface area contributed by atoms with E-state index in [1.54, 1.807) is 0 Å². The molecule has 1 rings (SSSR count). The van der Waals surface area contributed by atoms with Gasteiger partial charge in [-0.15, -0.1) is 0 Å². The van der Waals surface area contributed by atoms with Gasteiger partial charge in [0.05, 0.1) is 10.8 Å². The summed E-state index contributed by atoms with van der Waals surface area (Å²) >= 11 is 0. The number of benzene rings is 1. The Hall–Kier alpha value is -2.07. The van der Waals surface area contributed by atoms with Crippen LogP contribution in [0.4, 0.5) is 10.1 Å². The van der Waals surface area contributed by atoms with Crippen LogP contribution in [0, 0.1) is 21.8 Å². The van der Waals surface area contributed by atoms with Crippen molar-refractivity contribution in [2.24, 2.45) is 5.92 Å². The Kier molecular flexibility index (Phi) is 4.97. The molecule has 0 saturated carbocycles. The lowest BCUT2D eigenvalue weighted by molar-refractivity contribution is -0.390. The first-order chi connectivity index (χ1) is 9.58. The molecule has 8 nitrogen and oxygen atoms in total. The molecular formula is C11H13FN2O6S. The van der Waals surface area contributed by atoms with Gasteiger partial charge in [-0.2, -0.15) is 4.39 Å². The average Bonchev–Trinajstić information content (AvgIpc) is 2.36. The monoisotopic (exact) mass is 320 g/mol. The molecule has 2 unspecified atom stereocenters. The van der Waals surface area contributed by atoms with Gasteiger partial charge in [0, 0.05) is 6.04 Å². The van der Waals surface area contributed by atoms with Crippen LogP contribution >= 0.6 is 0 Å². The summed E-state index contributed by atoms with van der Waals surface area (Å²) in [5.41, 5.74) is -1.18. The number of hydrogen-bond donors (Lipinski definition) is 2. The molecule has 1 aromatic carbocycles. The zero-order chi connectivity index (χ0) is 16.4. The van der Waals surface area contributed by atoms with Crippen LogP contribution in [0.5, 0.6) is 0 Å². The molecule has 0 saturated heterocycles. The molecule has 0 aromatic heterocycles. The summed E-state index contributed by atoms with van der Waals surface area (Å²) in [6, 6.07) is 1.63. The molecule has 0 amide bonds. The summed E-state index contributed by atoms with van der Waals surface area (Å²) in [5, 5.41) is 19.6. The van der Waals surface area contributed by atoms with Gasteiger partial charge in [0.2, 0.25) is 15.8 Å². The van der Waals surface area contributed by atoms with Crippen molar-refractivity contribution >= 4 is 21.7 Å². The Labute approximate surface area is 119 Å². The zero-order valence-electron chi connectivity index (χ0n) is 11.1. The highest BCUT2D eigenvalue weighted by atomic mass is 32.2. The van der Waals surface area contributed by atoms with Crippen LogP contribution in [-0.2, 0) is 14.8 Å². The predicted octanol–water partition coefficient (Wildman–Crippen LogP) is 1.12. The molecule has 0 aliphatic carbocycles. The molecule has 0 fully saturated rings. The Balaban J connectivity index is 3.24. The van der Waals surface area contributed by atoms with Crippen LogP contribution in [0.2, 0.25) is 0 Å². The highest BCUT2D eigenvalue weighted by Gasteiger charge is 2.32. The molecular weight excluding hydrogens is 307 g/mol. The molecule has 0 heterocycles. The summed E-state index contributed by atoms with van der Waals surface area (Å²) in [5.74, 6) is -3.59. The van der Waals surface area contributed by atoms with Crippen molar-refractivity contribution in [3.05, 3.63) is 34.1 Å². The second-order valence-electron chi connectivity index (χ2n) is 4.38. The average molecular weight is 320 g/mol. The minimum Gasteiger partial charge on any atom is -0.481 e. The second-order valence-corrected chi connectivity index (χ2v) is 6.06. The van der Waals surface area contributed by atoms with Gasteiger partial charge in [-0.05, 0) is 19.1 Å². The van der Waals surface area contributed by atoms with Crippen molar-refractivity contribution in [1.82, 2.24) is 4.72 Å². The summed E-state index contributed by atoms with van der Waals surface area (Å²) < 4.78 is 39.6. The van der Waals surface area contributed by atoms with Crippen molar-refractivity contribution in [1.29, 1.82) is 0 Å². The number of para-hydroxylation sites is 1. The van der Waals surface area contributed by atoms with Gasteiger partial charge in [-0.3, -0.25) is 14.9 Å². The molecule has 0 aliphatic rings. The number of nitro groups is 1. The molecule has 2 N–H and O–H groups in total. The van der Waals surface area contributed by atoms with Gasteiger partial charge in [-0.25, -0.2) is 13.1 Å². The van der Waals surface area contributed by atoms with Crippen molar-refractivity contribution in [3.63, 3.8) is 0 Å². The third kappa shape index (κ3) is 3.73. The maximum atomic E-state index is 13.4. The number of rotatable bonds is 6. The van der Waals surface area contributed by atoms with E-state index < -0.39 is 49.3 Å². The van der Waals surface area contributed by atoms with E-state index in [-0.39, 0.29) is 0 Å². The van der Waals surface area contributed by atoms with E-state index in [9.17, 15) is 27.7 Å². The van der Waals surface area contributed by atoms with E-state index in [1.165, 1.54) is 13.8 Å². The lowest BCUT2D eigenvalue weighted by atomic mass is 10.1. The first-order valence-electron chi connectivity index (χ1n) is 5.76. The summed E-state index contributed by atoms with van der Waals surface area (Å²) in [6.07, 6.45) is 0. The third-order valence-corrected chi connectivity index (χ3v) is 4.49. The SMILES string of the molecule is CC(NS(=O)(=O)c1cccc(F)c1[N+](=O)[O-])C(C)C(=O)O. The second kappa shape index (κ2) is 6.14. The smallest absolute Gasteiger partial charge is 0.324 e. The first-order valence-corrected chi connectivity index (χ1v) is 7.24. The fourth-order valence-electron chi connectivity index (χ4n) is 1.51. The number of hydrogen-bond acceptors (Lipinski definition) is 5. The van der Waals surface area contributed by atoms with Gasteiger partial charge >= 0.3 is 11.7 Å². The predicted molar refractivity (Wildman–Crippen MR) is 69.6 cm³/mol. The Morgan fingerprint density at radius 3 is 2.48 bits per heavy atom. The van der Waals surface area contributed by atoms with Crippen LogP contribution in [0.15, 0.2) is 23.1 Å². The Morgan fingerprint density at radius 2 is 2.00 bits per heavy atom. The van der Waals surface area contributed by atoms with E-state index in [2.05, 4.69) is 0 Å². The van der Waals surface area contributed by atoms with Gasteiger partial charge < -0.3 is 5.11 Å². The summed E-state index contributed by atoms with van der Waals surface area (Å²) in [4.78, 5) is 19.6. The van der Waals surface area contributed by atoms with Gasteiger partial charge in [0.25, 0.3) is 0 Å². The highest BCUT2D eigenvalue weighted by Crippen LogP contribution is 2.26. The molecule has 21 heavy (non-hydrogen) atoms. The standard InChI is InChI=1S/C11H13FN2O6S/c1-6(11(15)16)7(2)13-21(19,20)9-5-3-4-8(12)10(9)14(17)18/h3-7,13H,1-2H3,(H,15,16). The van der Waals surface area contributed by atoms with Crippen LogP contribution in [0.1, 0.15) is 13.8 Å². The van der Waals surface area contributed by atoms with Crippen molar-refractivity contribution in [2.75, 3.05) is 0 Å². The molecule has 1 aromatic rings. The maximum absolute atomic E-state index is 13.4. The number of carboxylic acids is 1. The van der Waals surface area contributed by atoms with Crippen molar-refractivity contribution in [2.45, 2.75) is 24.8 Å². The number of aliphatic carboxylic acids is 1. The molecule has 0 spiro atoms. The number of halogens is 1. The van der Waals surface area contributed by atoms with Crippen molar-refractivity contribution in [3.8, 4) is 0 Å². The van der Waals surface area contributed by atoms with E-state index in [1.807, 2.05) is 4.72 Å². The van der Waals surface area contributed by atoms with E-state index >= 15 is 0 Å². The molecule has 0 radical (unpaired) electrons. The lowest BCUT2D eigenvalue weighted by Crippen LogP contribution is -2.40. The molecule has 116 valence electrons. The number of carbonyl (C=O) groups is 1. The lowest BCUT2D eigenvalue weighted by Gasteiger charge is -2.17. The summed E-state index contributed by atoms with van der Waals surface area (Å²) in [7, 11) is -4.43. The minimum atomic E-state index is -4.43. The quantitative estimate of drug-likeness (QED) is 0.597. The van der Waals surface area contributed by atoms with Gasteiger partial charge in [0.1, 0.15) is 0 Å². The topological polar surface area (TPSA) is 127 Å². The van der Waals surface area contributed by atoms with E-state index in [4.69, 9.17) is 5.11 Å². The molecule has 10 heteroatoms. The molecule has 0 aliphatic heterocycles. The van der Waals surface area contributed by atoms with Gasteiger partial charge in [-0.1, -0.05) is 13.0 Å². The molecule has 0 bridgehead atoms. The fraction of sp³-hybridized carbons (Fsp3) is 0.364. The van der Waals surface area contributed by atoms with E-state index in [0.29, 0.717) is 0 Å². The number of carboxylic acid groups (broad SMARTS) is 1. The van der Waals surface area contributed by atoms with Gasteiger partial charge in [0.15, 0.2) is 4.90 Å². The number of nitrogens with one attached hydrogen (secondary N) is 1. The Morgan fingerprint density at radius 1 is 1.43 bits per heavy atom. The molecule has 2 atom stereocenters.